The molecule has 1 fully saturated rings. The van der Waals surface area contributed by atoms with Crippen LogP contribution in [-0.4, -0.2) is 21.8 Å². The predicted molar refractivity (Wildman–Crippen MR) is 72.5 cm³/mol. The van der Waals surface area contributed by atoms with E-state index in [-0.39, 0.29) is 17.5 Å². The Balaban J connectivity index is 2.14. The Morgan fingerprint density at radius 1 is 1.55 bits per heavy atom. The first-order chi connectivity index (χ1) is 9.46. The van der Waals surface area contributed by atoms with Crippen LogP contribution >= 0.6 is 11.8 Å². The van der Waals surface area contributed by atoms with E-state index in [2.05, 4.69) is 0 Å². The molecular formula is C13H12N2O4S. The summed E-state index contributed by atoms with van der Waals surface area (Å²) in [5, 5.41) is 28.6. The van der Waals surface area contributed by atoms with Crippen molar-refractivity contribution in [2.24, 2.45) is 5.41 Å². The van der Waals surface area contributed by atoms with Crippen LogP contribution in [0.1, 0.15) is 24.8 Å². The second-order valence-electron chi connectivity index (χ2n) is 4.91. The van der Waals surface area contributed by atoms with E-state index in [1.807, 2.05) is 6.07 Å². The molecule has 1 aromatic rings. The first kappa shape index (κ1) is 14.3. The Hall–Kier alpha value is -2.07. The summed E-state index contributed by atoms with van der Waals surface area (Å²) in [4.78, 5) is 21.7. The number of benzene rings is 1. The van der Waals surface area contributed by atoms with Gasteiger partial charge in [0.15, 0.2) is 0 Å². The summed E-state index contributed by atoms with van der Waals surface area (Å²) in [5.74, 6) is -0.321. The lowest BCUT2D eigenvalue weighted by Gasteiger charge is -2.11. The van der Waals surface area contributed by atoms with Gasteiger partial charge in [-0.2, -0.15) is 5.26 Å². The molecule has 1 aliphatic rings. The molecule has 0 aromatic heterocycles. The standard InChI is InChI=1S/C13H12N2O4S/c14-7-9-1-2-10(15(18)19)11(5-9)20-8-13(3-4-13)6-12(16)17/h1-2,5H,3-4,6,8H2,(H,16,17). The van der Waals surface area contributed by atoms with Crippen LogP contribution in [-0.2, 0) is 4.79 Å². The van der Waals surface area contributed by atoms with Gasteiger partial charge in [-0.25, -0.2) is 0 Å². The SMILES string of the molecule is N#Cc1ccc([N+](=O)[O-])c(SCC2(CC(=O)O)CC2)c1. The van der Waals surface area contributed by atoms with Gasteiger partial charge in [0.1, 0.15) is 0 Å². The molecule has 0 bridgehead atoms. The lowest BCUT2D eigenvalue weighted by atomic mass is 10.1. The monoisotopic (exact) mass is 292 g/mol. The number of nitriles is 1. The summed E-state index contributed by atoms with van der Waals surface area (Å²) in [6.07, 6.45) is 1.75. The van der Waals surface area contributed by atoms with Gasteiger partial charge in [0, 0.05) is 11.8 Å². The number of carboxylic acids is 1. The topological polar surface area (TPSA) is 104 Å². The number of hydrogen-bond acceptors (Lipinski definition) is 5. The molecule has 0 saturated heterocycles. The number of rotatable bonds is 6. The van der Waals surface area contributed by atoms with Crippen LogP contribution in [0.4, 0.5) is 5.69 Å². The van der Waals surface area contributed by atoms with Gasteiger partial charge in [0.25, 0.3) is 5.69 Å². The molecule has 1 aromatic carbocycles. The van der Waals surface area contributed by atoms with Crippen molar-refractivity contribution in [1.82, 2.24) is 0 Å². The van der Waals surface area contributed by atoms with Crippen molar-refractivity contribution in [3.05, 3.63) is 33.9 Å². The zero-order valence-electron chi connectivity index (χ0n) is 10.5. The fourth-order valence-corrected chi connectivity index (χ4v) is 3.30. The van der Waals surface area contributed by atoms with Crippen LogP contribution < -0.4 is 0 Å². The molecule has 0 atom stereocenters. The molecule has 1 N–H and O–H groups in total. The molecule has 0 amide bonds. The minimum Gasteiger partial charge on any atom is -0.481 e. The van der Waals surface area contributed by atoms with Crippen LogP contribution in [0.25, 0.3) is 0 Å². The first-order valence-corrected chi connectivity index (χ1v) is 6.97. The van der Waals surface area contributed by atoms with E-state index in [1.54, 1.807) is 0 Å². The number of aliphatic carboxylic acids is 1. The molecule has 0 aliphatic heterocycles. The maximum absolute atomic E-state index is 11.0. The van der Waals surface area contributed by atoms with Gasteiger partial charge in [0.05, 0.1) is 27.9 Å². The average molecular weight is 292 g/mol. The Morgan fingerprint density at radius 2 is 2.25 bits per heavy atom. The Morgan fingerprint density at radius 3 is 2.75 bits per heavy atom. The second-order valence-corrected chi connectivity index (χ2v) is 5.93. The number of nitro benzene ring substituents is 1. The Labute approximate surface area is 119 Å². The maximum Gasteiger partial charge on any atom is 0.303 e. The summed E-state index contributed by atoms with van der Waals surface area (Å²) >= 11 is 1.26. The van der Waals surface area contributed by atoms with E-state index in [0.29, 0.717) is 16.2 Å². The van der Waals surface area contributed by atoms with Crippen molar-refractivity contribution in [3.63, 3.8) is 0 Å². The molecule has 0 radical (unpaired) electrons. The number of thioether (sulfide) groups is 1. The number of nitrogens with zero attached hydrogens (tertiary/aromatic N) is 2. The van der Waals surface area contributed by atoms with E-state index in [9.17, 15) is 14.9 Å². The number of nitro groups is 1. The third-order valence-corrected chi connectivity index (χ3v) is 4.70. The molecule has 0 spiro atoms. The highest BCUT2D eigenvalue weighted by molar-refractivity contribution is 7.99. The number of carboxylic acid groups (broad SMARTS) is 1. The average Bonchev–Trinajstić information content (AvgIpc) is 3.15. The normalized spacial score (nSPS) is 15.3. The van der Waals surface area contributed by atoms with Gasteiger partial charge >= 0.3 is 5.97 Å². The smallest absolute Gasteiger partial charge is 0.303 e. The van der Waals surface area contributed by atoms with Gasteiger partial charge in [-0.15, -0.1) is 11.8 Å². The summed E-state index contributed by atoms with van der Waals surface area (Å²) < 4.78 is 0. The summed E-state index contributed by atoms with van der Waals surface area (Å²) in [5.41, 5.74) is 0.0776. The second kappa shape index (κ2) is 5.51. The van der Waals surface area contributed by atoms with E-state index in [4.69, 9.17) is 10.4 Å². The highest BCUT2D eigenvalue weighted by atomic mass is 32.2. The predicted octanol–water partition coefficient (Wildman–Crippen LogP) is 2.81. The Kier molecular flexibility index (Phi) is 3.95. The number of carbonyl (C=O) groups is 1. The van der Waals surface area contributed by atoms with Gasteiger partial charge in [0.2, 0.25) is 0 Å². The maximum atomic E-state index is 11.0. The molecule has 104 valence electrons. The molecule has 1 aliphatic carbocycles. The fraction of sp³-hybridized carbons (Fsp3) is 0.385. The minimum atomic E-state index is -0.844. The molecular weight excluding hydrogens is 280 g/mol. The number of hydrogen-bond donors (Lipinski definition) is 1. The summed E-state index contributed by atoms with van der Waals surface area (Å²) in [7, 11) is 0. The zero-order chi connectivity index (χ0) is 14.8. The largest absolute Gasteiger partial charge is 0.481 e. The van der Waals surface area contributed by atoms with Crippen LogP contribution in [0.3, 0.4) is 0 Å². The molecule has 0 unspecified atom stereocenters. The van der Waals surface area contributed by atoms with Crippen molar-refractivity contribution in [3.8, 4) is 6.07 Å². The fourth-order valence-electron chi connectivity index (χ4n) is 1.95. The van der Waals surface area contributed by atoms with Crippen molar-refractivity contribution >= 4 is 23.4 Å². The third kappa shape index (κ3) is 3.27. The third-order valence-electron chi connectivity index (χ3n) is 3.30. The van der Waals surface area contributed by atoms with Crippen molar-refractivity contribution < 1.29 is 14.8 Å². The summed E-state index contributed by atoms with van der Waals surface area (Å²) in [6, 6.07) is 6.16. The molecule has 7 heteroatoms. The van der Waals surface area contributed by atoms with Gasteiger partial charge < -0.3 is 5.11 Å². The van der Waals surface area contributed by atoms with E-state index in [1.165, 1.54) is 30.0 Å². The molecule has 6 nitrogen and oxygen atoms in total. The highest BCUT2D eigenvalue weighted by Crippen LogP contribution is 2.52. The van der Waals surface area contributed by atoms with E-state index < -0.39 is 10.9 Å². The quantitative estimate of drug-likeness (QED) is 0.491. The molecule has 0 heterocycles. The molecule has 20 heavy (non-hydrogen) atoms. The first-order valence-electron chi connectivity index (χ1n) is 5.99. The van der Waals surface area contributed by atoms with Gasteiger partial charge in [-0.3, -0.25) is 14.9 Å². The van der Waals surface area contributed by atoms with Crippen molar-refractivity contribution in [2.75, 3.05) is 5.75 Å². The zero-order valence-corrected chi connectivity index (χ0v) is 11.4. The minimum absolute atomic E-state index is 0.0416. The van der Waals surface area contributed by atoms with Crippen molar-refractivity contribution in [2.45, 2.75) is 24.2 Å². The van der Waals surface area contributed by atoms with Crippen LogP contribution in [0.5, 0.6) is 0 Å². The van der Waals surface area contributed by atoms with Gasteiger partial charge in [-0.1, -0.05) is 0 Å². The lowest BCUT2D eigenvalue weighted by molar-refractivity contribution is -0.387. The highest BCUT2D eigenvalue weighted by Gasteiger charge is 2.44. The van der Waals surface area contributed by atoms with Crippen molar-refractivity contribution in [1.29, 1.82) is 5.26 Å². The van der Waals surface area contributed by atoms with Crippen LogP contribution in [0, 0.1) is 26.9 Å². The Bertz CT molecular complexity index is 605. The molecule has 1 saturated carbocycles. The van der Waals surface area contributed by atoms with Crippen LogP contribution in [0.2, 0.25) is 0 Å². The molecule has 2 rings (SSSR count). The lowest BCUT2D eigenvalue weighted by Crippen LogP contribution is -2.11. The van der Waals surface area contributed by atoms with E-state index >= 15 is 0 Å². The summed E-state index contributed by atoms with van der Waals surface area (Å²) in [6.45, 7) is 0. The van der Waals surface area contributed by atoms with E-state index in [0.717, 1.165) is 12.8 Å². The van der Waals surface area contributed by atoms with Crippen LogP contribution in [0.15, 0.2) is 23.1 Å². The van der Waals surface area contributed by atoms with Gasteiger partial charge in [-0.05, 0) is 30.4 Å².